The molecule has 2 rings (SSSR count). The Morgan fingerprint density at radius 3 is 2.86 bits per heavy atom. The number of pyridine rings is 2. The van der Waals surface area contributed by atoms with Crippen LogP contribution in [0.5, 0.6) is 0 Å². The molecule has 0 fully saturated rings. The third-order valence-corrected chi connectivity index (χ3v) is 1.90. The number of hydrogen-bond acceptors (Lipinski definition) is 3. The lowest BCUT2D eigenvalue weighted by molar-refractivity contribution is 0.983. The predicted octanol–water partition coefficient (Wildman–Crippen LogP) is 0.815. The normalized spacial score (nSPS) is 10.0. The van der Waals surface area contributed by atoms with Crippen LogP contribution in [0, 0.1) is 0 Å². The minimum atomic E-state index is -0.222. The second-order valence-corrected chi connectivity index (χ2v) is 2.85. The molecule has 2 aromatic heterocycles. The topological polar surface area (TPSA) is 60.9 Å². The van der Waals surface area contributed by atoms with Crippen molar-refractivity contribution in [2.24, 2.45) is 0 Å². The molecule has 70 valence electrons. The van der Waals surface area contributed by atoms with E-state index in [1.807, 2.05) is 0 Å². The highest BCUT2D eigenvalue weighted by Gasteiger charge is 2.00. The molecule has 0 radical (unpaired) electrons. The number of hydrogen-bond donors (Lipinski definition) is 1. The Balaban J connectivity index is 2.64. The second kappa shape index (κ2) is 3.33. The molecular formula is C10H9N3O. The summed E-state index contributed by atoms with van der Waals surface area (Å²) < 4.78 is 1.46. The summed E-state index contributed by atoms with van der Waals surface area (Å²) in [5.74, 6) is 0. The van der Waals surface area contributed by atoms with E-state index in [2.05, 4.69) is 4.98 Å². The maximum atomic E-state index is 11.6. The SMILES string of the molecule is Nc1cccn(-c2cccnc2)c1=O. The first kappa shape index (κ1) is 8.50. The van der Waals surface area contributed by atoms with Crippen molar-refractivity contribution in [2.75, 3.05) is 5.73 Å². The van der Waals surface area contributed by atoms with Crippen LogP contribution in [-0.4, -0.2) is 9.55 Å². The Bertz CT molecular complexity index is 490. The van der Waals surface area contributed by atoms with E-state index in [4.69, 9.17) is 5.73 Å². The van der Waals surface area contributed by atoms with Gasteiger partial charge in [0.15, 0.2) is 0 Å². The number of aromatic nitrogens is 2. The number of rotatable bonds is 1. The predicted molar refractivity (Wildman–Crippen MR) is 54.2 cm³/mol. The van der Waals surface area contributed by atoms with Crippen LogP contribution in [0.15, 0.2) is 47.7 Å². The summed E-state index contributed by atoms with van der Waals surface area (Å²) in [6.07, 6.45) is 4.93. The average Bonchev–Trinajstić information content (AvgIpc) is 2.23. The molecule has 4 heteroatoms. The zero-order chi connectivity index (χ0) is 9.97. The van der Waals surface area contributed by atoms with Crippen LogP contribution in [0.1, 0.15) is 0 Å². The largest absolute Gasteiger partial charge is 0.394 e. The van der Waals surface area contributed by atoms with Gasteiger partial charge in [-0.25, -0.2) is 0 Å². The van der Waals surface area contributed by atoms with Crippen LogP contribution in [-0.2, 0) is 0 Å². The second-order valence-electron chi connectivity index (χ2n) is 2.85. The Morgan fingerprint density at radius 1 is 1.29 bits per heavy atom. The summed E-state index contributed by atoms with van der Waals surface area (Å²) in [7, 11) is 0. The van der Waals surface area contributed by atoms with Crippen molar-refractivity contribution in [3.8, 4) is 5.69 Å². The lowest BCUT2D eigenvalue weighted by Gasteiger charge is -2.04. The van der Waals surface area contributed by atoms with Gasteiger partial charge in [0.1, 0.15) is 0 Å². The Kier molecular flexibility index (Phi) is 2.02. The highest BCUT2D eigenvalue weighted by atomic mass is 16.1. The summed E-state index contributed by atoms with van der Waals surface area (Å²) in [5, 5.41) is 0. The monoisotopic (exact) mass is 187 g/mol. The van der Waals surface area contributed by atoms with Crippen molar-refractivity contribution in [2.45, 2.75) is 0 Å². The fraction of sp³-hybridized carbons (Fsp3) is 0. The molecule has 0 bridgehead atoms. The fourth-order valence-corrected chi connectivity index (χ4v) is 1.21. The van der Waals surface area contributed by atoms with Crippen LogP contribution in [0.4, 0.5) is 5.69 Å². The van der Waals surface area contributed by atoms with Crippen LogP contribution in [0.2, 0.25) is 0 Å². The zero-order valence-electron chi connectivity index (χ0n) is 7.42. The van der Waals surface area contributed by atoms with E-state index in [0.717, 1.165) is 0 Å². The molecule has 0 atom stereocenters. The lowest BCUT2D eigenvalue weighted by atomic mass is 10.3. The zero-order valence-corrected chi connectivity index (χ0v) is 7.42. The molecule has 0 amide bonds. The van der Waals surface area contributed by atoms with Gasteiger partial charge in [0.25, 0.3) is 5.56 Å². The standard InChI is InChI=1S/C10H9N3O/c11-9-4-2-6-13(10(9)14)8-3-1-5-12-7-8/h1-7H,11H2. The highest BCUT2D eigenvalue weighted by molar-refractivity contribution is 5.38. The lowest BCUT2D eigenvalue weighted by Crippen LogP contribution is -2.20. The minimum Gasteiger partial charge on any atom is -0.394 e. The average molecular weight is 187 g/mol. The van der Waals surface area contributed by atoms with Gasteiger partial charge in [-0.05, 0) is 24.3 Å². The number of anilines is 1. The molecule has 0 aliphatic heterocycles. The Hall–Kier alpha value is -2.10. The van der Waals surface area contributed by atoms with E-state index in [9.17, 15) is 4.79 Å². The minimum absolute atomic E-state index is 0.222. The quantitative estimate of drug-likeness (QED) is 0.718. The van der Waals surface area contributed by atoms with E-state index in [1.165, 1.54) is 4.57 Å². The van der Waals surface area contributed by atoms with Crippen LogP contribution < -0.4 is 11.3 Å². The van der Waals surface area contributed by atoms with Crippen LogP contribution >= 0.6 is 0 Å². The van der Waals surface area contributed by atoms with E-state index in [-0.39, 0.29) is 11.2 Å². The van der Waals surface area contributed by atoms with E-state index in [0.29, 0.717) is 5.69 Å². The molecule has 2 heterocycles. The van der Waals surface area contributed by atoms with Crippen molar-refractivity contribution >= 4 is 5.69 Å². The van der Waals surface area contributed by atoms with Crippen LogP contribution in [0.3, 0.4) is 0 Å². The van der Waals surface area contributed by atoms with Gasteiger partial charge < -0.3 is 5.73 Å². The first-order valence-electron chi connectivity index (χ1n) is 4.16. The molecule has 0 aliphatic carbocycles. The van der Waals surface area contributed by atoms with Gasteiger partial charge in [0.2, 0.25) is 0 Å². The van der Waals surface area contributed by atoms with Crippen molar-refractivity contribution in [3.05, 3.63) is 53.2 Å². The van der Waals surface area contributed by atoms with E-state index in [1.54, 1.807) is 42.9 Å². The van der Waals surface area contributed by atoms with Crippen molar-refractivity contribution in [3.63, 3.8) is 0 Å². The van der Waals surface area contributed by atoms with Crippen molar-refractivity contribution in [1.29, 1.82) is 0 Å². The van der Waals surface area contributed by atoms with Gasteiger partial charge in [0.05, 0.1) is 17.6 Å². The molecule has 0 saturated heterocycles. The summed E-state index contributed by atoms with van der Waals surface area (Å²) >= 11 is 0. The molecule has 2 aromatic rings. The van der Waals surface area contributed by atoms with Gasteiger partial charge in [-0.1, -0.05) is 0 Å². The maximum absolute atomic E-state index is 11.6. The Morgan fingerprint density at radius 2 is 2.14 bits per heavy atom. The first-order chi connectivity index (χ1) is 6.79. The van der Waals surface area contributed by atoms with Crippen LogP contribution in [0.25, 0.3) is 5.69 Å². The van der Waals surface area contributed by atoms with Gasteiger partial charge >= 0.3 is 0 Å². The molecule has 0 aliphatic rings. The van der Waals surface area contributed by atoms with Gasteiger partial charge in [0, 0.05) is 12.4 Å². The molecule has 0 unspecified atom stereocenters. The smallest absolute Gasteiger partial charge is 0.278 e. The summed E-state index contributed by atoms with van der Waals surface area (Å²) in [6.45, 7) is 0. The molecular weight excluding hydrogens is 178 g/mol. The fourth-order valence-electron chi connectivity index (χ4n) is 1.21. The van der Waals surface area contributed by atoms with Gasteiger partial charge in [-0.3, -0.25) is 14.3 Å². The summed E-state index contributed by atoms with van der Waals surface area (Å²) in [6, 6.07) is 6.87. The third-order valence-electron chi connectivity index (χ3n) is 1.90. The summed E-state index contributed by atoms with van der Waals surface area (Å²) in [4.78, 5) is 15.5. The maximum Gasteiger partial charge on any atom is 0.278 e. The first-order valence-corrected chi connectivity index (χ1v) is 4.16. The van der Waals surface area contributed by atoms with Crippen molar-refractivity contribution in [1.82, 2.24) is 9.55 Å². The highest BCUT2D eigenvalue weighted by Crippen LogP contribution is 2.02. The van der Waals surface area contributed by atoms with Crippen molar-refractivity contribution < 1.29 is 0 Å². The molecule has 0 aromatic carbocycles. The Labute approximate surface area is 80.6 Å². The molecule has 0 spiro atoms. The number of nitrogens with zero attached hydrogens (tertiary/aromatic N) is 2. The van der Waals surface area contributed by atoms with E-state index >= 15 is 0 Å². The number of nitrogens with two attached hydrogens (primary N) is 1. The van der Waals surface area contributed by atoms with Gasteiger partial charge in [-0.2, -0.15) is 0 Å². The molecule has 2 N–H and O–H groups in total. The third kappa shape index (κ3) is 1.37. The van der Waals surface area contributed by atoms with E-state index < -0.39 is 0 Å². The number of nitrogen functional groups attached to an aromatic ring is 1. The molecule has 0 saturated carbocycles. The molecule has 4 nitrogen and oxygen atoms in total. The summed E-state index contributed by atoms with van der Waals surface area (Å²) in [5.41, 5.74) is 6.23. The molecule has 14 heavy (non-hydrogen) atoms. The van der Waals surface area contributed by atoms with Gasteiger partial charge in [-0.15, -0.1) is 0 Å².